The number of nitrogens with zero attached hydrogens (tertiary/aromatic N) is 2. The molecule has 0 saturated carbocycles. The van der Waals surface area contributed by atoms with Gasteiger partial charge in [-0.15, -0.1) is 0 Å². The van der Waals surface area contributed by atoms with Crippen LogP contribution in [0.4, 0.5) is 0 Å². The third kappa shape index (κ3) is 2.45. The molecule has 2 aliphatic rings. The van der Waals surface area contributed by atoms with Crippen LogP contribution in [0, 0.1) is 0 Å². The van der Waals surface area contributed by atoms with Gasteiger partial charge in [-0.3, -0.25) is 14.5 Å². The fraction of sp³-hybridized carbons (Fsp3) is 0.412. The molecule has 2 unspecified atom stereocenters. The maximum Gasteiger partial charge on any atom is 0.363 e. The highest BCUT2D eigenvalue weighted by Crippen LogP contribution is 2.38. The lowest BCUT2D eigenvalue weighted by Gasteiger charge is -2.47. The molecule has 2 aliphatic heterocycles. The van der Waals surface area contributed by atoms with E-state index >= 15 is 0 Å². The summed E-state index contributed by atoms with van der Waals surface area (Å²) in [5.41, 5.74) is -7.53. The van der Waals surface area contributed by atoms with E-state index in [4.69, 9.17) is 0 Å². The summed E-state index contributed by atoms with van der Waals surface area (Å²) in [4.78, 5) is 50.1. The molecule has 0 aliphatic carbocycles. The van der Waals surface area contributed by atoms with Gasteiger partial charge in [0.25, 0.3) is 17.5 Å². The number of carbonyl (C=O) groups excluding carboxylic acids is 2. The minimum Gasteiger partial charge on any atom is -0.478 e. The van der Waals surface area contributed by atoms with Crippen molar-refractivity contribution in [2.45, 2.75) is 30.7 Å². The van der Waals surface area contributed by atoms with Gasteiger partial charge in [-0.05, 0) is 25.0 Å². The number of hydrogen-bond acceptors (Lipinski definition) is 7. The SMILES string of the molecule is O=C1c2ccccc2C(=O)N1C(O)(C(=O)O)C(O)(C(=O)O)N1CCCCC1. The Morgan fingerprint density at radius 2 is 1.26 bits per heavy atom. The number of amides is 2. The third-order valence-electron chi connectivity index (χ3n) is 5.01. The molecule has 2 amide bonds. The van der Waals surface area contributed by atoms with Crippen LogP contribution in [0.3, 0.4) is 0 Å². The molecule has 3 rings (SSSR count). The second-order valence-electron chi connectivity index (χ2n) is 6.49. The smallest absolute Gasteiger partial charge is 0.363 e. The molecule has 0 radical (unpaired) electrons. The Morgan fingerprint density at radius 1 is 0.815 bits per heavy atom. The first-order chi connectivity index (χ1) is 12.7. The van der Waals surface area contributed by atoms with Gasteiger partial charge >= 0.3 is 17.7 Å². The summed E-state index contributed by atoms with van der Waals surface area (Å²) in [5, 5.41) is 41.2. The first-order valence-corrected chi connectivity index (χ1v) is 8.32. The molecule has 1 fully saturated rings. The van der Waals surface area contributed by atoms with Crippen LogP contribution in [-0.4, -0.2) is 78.5 Å². The average Bonchev–Trinajstić information content (AvgIpc) is 2.92. The predicted molar refractivity (Wildman–Crippen MR) is 87.5 cm³/mol. The maximum atomic E-state index is 12.7. The highest BCUT2D eigenvalue weighted by molar-refractivity contribution is 6.23. The van der Waals surface area contributed by atoms with Gasteiger partial charge in [-0.2, -0.15) is 0 Å². The van der Waals surface area contributed by atoms with Gasteiger partial charge in [0.05, 0.1) is 11.1 Å². The van der Waals surface area contributed by atoms with Crippen LogP contribution in [-0.2, 0) is 9.59 Å². The number of carbonyl (C=O) groups is 4. The van der Waals surface area contributed by atoms with E-state index in [1.165, 1.54) is 24.3 Å². The summed E-state index contributed by atoms with van der Waals surface area (Å²) in [6.45, 7) is -0.0525. The highest BCUT2D eigenvalue weighted by atomic mass is 16.5. The number of carboxylic acid groups (broad SMARTS) is 2. The number of aliphatic hydroxyl groups is 2. The van der Waals surface area contributed by atoms with Gasteiger partial charge in [0.1, 0.15) is 0 Å². The summed E-state index contributed by atoms with van der Waals surface area (Å²) in [6, 6.07) is 5.36. The molecule has 1 aromatic rings. The molecule has 10 heteroatoms. The van der Waals surface area contributed by atoms with E-state index in [1.54, 1.807) is 0 Å². The fourth-order valence-corrected chi connectivity index (χ4v) is 3.61. The van der Waals surface area contributed by atoms with E-state index in [0.29, 0.717) is 12.8 Å². The quantitative estimate of drug-likeness (QED) is 0.487. The zero-order valence-electron chi connectivity index (χ0n) is 14.2. The summed E-state index contributed by atoms with van der Waals surface area (Å²) in [5.74, 6) is -6.70. The van der Waals surface area contributed by atoms with Gasteiger partial charge in [0.2, 0.25) is 0 Å². The average molecular weight is 378 g/mol. The van der Waals surface area contributed by atoms with Crippen LogP contribution < -0.4 is 0 Å². The predicted octanol–water partition coefficient (Wildman–Crippen LogP) is -0.685. The molecule has 1 saturated heterocycles. The largest absolute Gasteiger partial charge is 0.478 e. The van der Waals surface area contributed by atoms with Crippen molar-refractivity contribution in [3.63, 3.8) is 0 Å². The molecule has 1 aromatic carbocycles. The number of piperidine rings is 1. The van der Waals surface area contributed by atoms with Gasteiger partial charge < -0.3 is 20.4 Å². The topological polar surface area (TPSA) is 156 Å². The highest BCUT2D eigenvalue weighted by Gasteiger charge is 2.71. The van der Waals surface area contributed by atoms with E-state index in [2.05, 4.69) is 0 Å². The zero-order valence-corrected chi connectivity index (χ0v) is 14.2. The number of fused-ring (bicyclic) bond motifs is 1. The maximum absolute atomic E-state index is 12.7. The Morgan fingerprint density at radius 3 is 1.67 bits per heavy atom. The monoisotopic (exact) mass is 378 g/mol. The van der Waals surface area contributed by atoms with Crippen LogP contribution in [0.2, 0.25) is 0 Å². The molecule has 0 spiro atoms. The number of rotatable bonds is 5. The van der Waals surface area contributed by atoms with E-state index in [-0.39, 0.29) is 29.1 Å². The van der Waals surface area contributed by atoms with Crippen LogP contribution in [0.5, 0.6) is 0 Å². The van der Waals surface area contributed by atoms with Crippen LogP contribution >= 0.6 is 0 Å². The molecular formula is C17H18N2O8. The lowest BCUT2D eigenvalue weighted by molar-refractivity contribution is -0.270. The van der Waals surface area contributed by atoms with Crippen molar-refractivity contribution >= 4 is 23.8 Å². The Labute approximate surface area is 153 Å². The molecule has 2 heterocycles. The second-order valence-corrected chi connectivity index (χ2v) is 6.49. The van der Waals surface area contributed by atoms with E-state index in [0.717, 1.165) is 11.3 Å². The van der Waals surface area contributed by atoms with Crippen molar-refractivity contribution in [1.29, 1.82) is 0 Å². The molecule has 27 heavy (non-hydrogen) atoms. The van der Waals surface area contributed by atoms with Crippen LogP contribution in [0.25, 0.3) is 0 Å². The van der Waals surface area contributed by atoms with Gasteiger partial charge in [-0.1, -0.05) is 18.6 Å². The molecule has 144 valence electrons. The first kappa shape index (κ1) is 19.0. The lowest BCUT2D eigenvalue weighted by atomic mass is 9.92. The molecule has 0 aromatic heterocycles. The summed E-state index contributed by atoms with van der Waals surface area (Å²) >= 11 is 0. The van der Waals surface area contributed by atoms with Crippen molar-refractivity contribution in [3.05, 3.63) is 35.4 Å². The van der Waals surface area contributed by atoms with Crippen molar-refractivity contribution in [2.24, 2.45) is 0 Å². The molecule has 4 N–H and O–H groups in total. The minimum atomic E-state index is -3.73. The zero-order chi connectivity index (χ0) is 20.0. The Balaban J connectivity index is 2.18. The number of aliphatic carboxylic acids is 2. The Hall–Kier alpha value is -2.82. The Kier molecular flexibility index (Phi) is 4.50. The molecular weight excluding hydrogens is 360 g/mol. The lowest BCUT2D eigenvalue weighted by Crippen LogP contribution is -2.79. The summed E-state index contributed by atoms with van der Waals surface area (Å²) in [6.07, 6.45) is 1.63. The summed E-state index contributed by atoms with van der Waals surface area (Å²) < 4.78 is 0. The standard InChI is InChI=1S/C17H18N2O8/c20-12-10-6-2-3-7-11(10)13(21)19(12)17(27,15(24)25)16(26,14(22)23)18-8-4-1-5-9-18/h2-3,6-7,26-27H,1,4-5,8-9H2,(H,22,23)(H,24,25). The van der Waals surface area contributed by atoms with Gasteiger partial charge in [0.15, 0.2) is 0 Å². The van der Waals surface area contributed by atoms with E-state index < -0.39 is 35.2 Å². The van der Waals surface area contributed by atoms with Crippen LogP contribution in [0.15, 0.2) is 24.3 Å². The second kappa shape index (κ2) is 6.41. The molecule has 2 atom stereocenters. The third-order valence-corrected chi connectivity index (χ3v) is 5.01. The van der Waals surface area contributed by atoms with Crippen molar-refractivity contribution < 1.29 is 39.6 Å². The minimum absolute atomic E-state index is 0.0262. The fourth-order valence-electron chi connectivity index (χ4n) is 3.61. The summed E-state index contributed by atoms with van der Waals surface area (Å²) in [7, 11) is 0. The number of carboxylic acids is 2. The number of benzene rings is 1. The van der Waals surface area contributed by atoms with Crippen molar-refractivity contribution in [3.8, 4) is 0 Å². The van der Waals surface area contributed by atoms with E-state index in [1.807, 2.05) is 0 Å². The Bertz CT molecular complexity index is 799. The van der Waals surface area contributed by atoms with E-state index in [9.17, 15) is 39.6 Å². The number of likely N-dealkylation sites (tertiary alicyclic amines) is 1. The van der Waals surface area contributed by atoms with Crippen molar-refractivity contribution in [2.75, 3.05) is 13.1 Å². The van der Waals surface area contributed by atoms with Gasteiger partial charge in [-0.25, -0.2) is 14.5 Å². The van der Waals surface area contributed by atoms with Gasteiger partial charge in [0, 0.05) is 13.1 Å². The molecule has 10 nitrogen and oxygen atoms in total. The number of hydrogen-bond donors (Lipinski definition) is 4. The molecule has 0 bridgehead atoms. The normalized spacial score (nSPS) is 22.1. The number of imide groups is 1. The van der Waals surface area contributed by atoms with Crippen molar-refractivity contribution in [1.82, 2.24) is 9.80 Å². The first-order valence-electron chi connectivity index (χ1n) is 8.32. The van der Waals surface area contributed by atoms with Crippen LogP contribution in [0.1, 0.15) is 40.0 Å².